The molecular formula is C12H23NO2. The zero-order valence-corrected chi connectivity index (χ0v) is 10.6. The van der Waals surface area contributed by atoms with Gasteiger partial charge in [-0.15, -0.1) is 0 Å². The highest BCUT2D eigenvalue weighted by molar-refractivity contribution is 5.69. The first-order chi connectivity index (χ1) is 6.81. The van der Waals surface area contributed by atoms with Crippen LogP contribution < -0.4 is 0 Å². The largest absolute Gasteiger partial charge is 0.444 e. The third-order valence-electron chi connectivity index (χ3n) is 3.32. The lowest BCUT2D eigenvalue weighted by atomic mass is 9.74. The molecule has 1 fully saturated rings. The Kier molecular flexibility index (Phi) is 3.31. The fourth-order valence-electron chi connectivity index (χ4n) is 2.04. The van der Waals surface area contributed by atoms with Crippen molar-refractivity contribution in [3.05, 3.63) is 0 Å². The molecule has 1 aliphatic carbocycles. The van der Waals surface area contributed by atoms with Crippen LogP contribution in [0.4, 0.5) is 4.79 Å². The molecule has 0 bridgehead atoms. The van der Waals surface area contributed by atoms with Crippen LogP contribution in [-0.2, 0) is 4.74 Å². The Labute approximate surface area is 92.8 Å². The quantitative estimate of drug-likeness (QED) is 0.705. The number of carbonyl (C=O) groups is 1. The van der Waals surface area contributed by atoms with Crippen molar-refractivity contribution >= 4 is 6.09 Å². The highest BCUT2D eigenvalue weighted by Gasteiger charge is 2.42. The van der Waals surface area contributed by atoms with Gasteiger partial charge in [-0.2, -0.15) is 0 Å². The SMILES string of the molecule is CCC1(N(C)C(=O)OC(C)(C)C)CCC1. The molecule has 0 spiro atoms. The van der Waals surface area contributed by atoms with Crippen LogP contribution >= 0.6 is 0 Å². The summed E-state index contributed by atoms with van der Waals surface area (Å²) in [5.41, 5.74) is -0.327. The number of carbonyl (C=O) groups excluding carboxylic acids is 1. The summed E-state index contributed by atoms with van der Waals surface area (Å²) in [6.07, 6.45) is 4.27. The highest BCUT2D eigenvalue weighted by Crippen LogP contribution is 2.40. The second kappa shape index (κ2) is 4.03. The Bertz CT molecular complexity index is 233. The molecule has 0 aromatic rings. The van der Waals surface area contributed by atoms with Crippen molar-refractivity contribution in [3.8, 4) is 0 Å². The Balaban J connectivity index is 2.60. The highest BCUT2D eigenvalue weighted by atomic mass is 16.6. The van der Waals surface area contributed by atoms with E-state index in [0.717, 1.165) is 19.3 Å². The van der Waals surface area contributed by atoms with Gasteiger partial charge in [-0.05, 0) is 46.5 Å². The molecule has 0 unspecified atom stereocenters. The summed E-state index contributed by atoms with van der Waals surface area (Å²) >= 11 is 0. The van der Waals surface area contributed by atoms with E-state index in [2.05, 4.69) is 6.92 Å². The molecule has 3 heteroatoms. The van der Waals surface area contributed by atoms with E-state index in [-0.39, 0.29) is 11.6 Å². The average molecular weight is 213 g/mol. The lowest BCUT2D eigenvalue weighted by Gasteiger charge is -2.48. The van der Waals surface area contributed by atoms with Crippen molar-refractivity contribution in [2.45, 2.75) is 64.5 Å². The van der Waals surface area contributed by atoms with Crippen LogP contribution in [0.1, 0.15) is 53.4 Å². The maximum atomic E-state index is 11.9. The Morgan fingerprint density at radius 1 is 1.40 bits per heavy atom. The van der Waals surface area contributed by atoms with Crippen LogP contribution in [0.2, 0.25) is 0 Å². The maximum absolute atomic E-state index is 11.9. The number of hydrogen-bond donors (Lipinski definition) is 0. The topological polar surface area (TPSA) is 29.5 Å². The van der Waals surface area contributed by atoms with Crippen LogP contribution in [0, 0.1) is 0 Å². The predicted octanol–water partition coefficient (Wildman–Crippen LogP) is 3.19. The second-order valence-electron chi connectivity index (χ2n) is 5.47. The molecule has 0 atom stereocenters. The normalized spacial score (nSPS) is 19.3. The van der Waals surface area contributed by atoms with Gasteiger partial charge in [0.1, 0.15) is 5.60 Å². The van der Waals surface area contributed by atoms with E-state index in [1.54, 1.807) is 4.90 Å². The van der Waals surface area contributed by atoms with Gasteiger partial charge in [0, 0.05) is 12.6 Å². The van der Waals surface area contributed by atoms with Gasteiger partial charge in [-0.25, -0.2) is 4.79 Å². The minimum Gasteiger partial charge on any atom is -0.444 e. The molecule has 1 saturated carbocycles. The van der Waals surface area contributed by atoms with Gasteiger partial charge in [0.15, 0.2) is 0 Å². The Hall–Kier alpha value is -0.730. The van der Waals surface area contributed by atoms with Crippen molar-refractivity contribution in [1.82, 2.24) is 4.90 Å². The minimum absolute atomic E-state index is 0.0718. The van der Waals surface area contributed by atoms with Gasteiger partial charge in [0.2, 0.25) is 0 Å². The van der Waals surface area contributed by atoms with Crippen LogP contribution in [0.15, 0.2) is 0 Å². The smallest absolute Gasteiger partial charge is 0.410 e. The number of ether oxygens (including phenoxy) is 1. The maximum Gasteiger partial charge on any atom is 0.410 e. The molecule has 1 rings (SSSR count). The summed E-state index contributed by atoms with van der Waals surface area (Å²) in [4.78, 5) is 13.7. The zero-order valence-electron chi connectivity index (χ0n) is 10.6. The lowest BCUT2D eigenvalue weighted by Crippen LogP contribution is -2.54. The Morgan fingerprint density at radius 3 is 2.20 bits per heavy atom. The van der Waals surface area contributed by atoms with E-state index in [0.29, 0.717) is 0 Å². The van der Waals surface area contributed by atoms with Crippen LogP contribution in [0.5, 0.6) is 0 Å². The molecule has 1 amide bonds. The molecule has 0 aromatic carbocycles. The first kappa shape index (κ1) is 12.3. The molecule has 0 N–H and O–H groups in total. The summed E-state index contributed by atoms with van der Waals surface area (Å²) in [5.74, 6) is 0. The standard InChI is InChI=1S/C12H23NO2/c1-6-12(8-7-9-12)13(5)10(14)15-11(2,3)4/h6-9H2,1-5H3. The van der Waals surface area contributed by atoms with Crippen molar-refractivity contribution < 1.29 is 9.53 Å². The van der Waals surface area contributed by atoms with Crippen molar-refractivity contribution in [1.29, 1.82) is 0 Å². The van der Waals surface area contributed by atoms with E-state index in [1.165, 1.54) is 6.42 Å². The second-order valence-corrected chi connectivity index (χ2v) is 5.47. The molecule has 0 aromatic heterocycles. The number of amides is 1. The fraction of sp³-hybridized carbons (Fsp3) is 0.917. The molecule has 3 nitrogen and oxygen atoms in total. The van der Waals surface area contributed by atoms with Gasteiger partial charge >= 0.3 is 6.09 Å². The summed E-state index contributed by atoms with van der Waals surface area (Å²) in [5, 5.41) is 0. The Morgan fingerprint density at radius 2 is 1.93 bits per heavy atom. The number of hydrogen-bond acceptors (Lipinski definition) is 2. The molecule has 0 radical (unpaired) electrons. The molecule has 15 heavy (non-hydrogen) atoms. The van der Waals surface area contributed by atoms with Gasteiger partial charge in [-0.3, -0.25) is 0 Å². The van der Waals surface area contributed by atoms with Gasteiger partial charge in [0.25, 0.3) is 0 Å². The third-order valence-corrected chi connectivity index (χ3v) is 3.32. The number of rotatable bonds is 2. The van der Waals surface area contributed by atoms with Crippen molar-refractivity contribution in [2.24, 2.45) is 0 Å². The summed E-state index contributed by atoms with van der Waals surface area (Å²) in [6, 6.07) is 0. The first-order valence-electron chi connectivity index (χ1n) is 5.77. The van der Waals surface area contributed by atoms with E-state index in [4.69, 9.17) is 4.74 Å². The first-order valence-corrected chi connectivity index (χ1v) is 5.77. The molecule has 0 heterocycles. The summed E-state index contributed by atoms with van der Waals surface area (Å²) in [7, 11) is 1.86. The molecule has 0 saturated heterocycles. The number of nitrogens with zero attached hydrogens (tertiary/aromatic N) is 1. The summed E-state index contributed by atoms with van der Waals surface area (Å²) < 4.78 is 5.37. The minimum atomic E-state index is -0.399. The molecule has 88 valence electrons. The molecule has 1 aliphatic rings. The molecular weight excluding hydrogens is 190 g/mol. The van der Waals surface area contributed by atoms with E-state index in [1.807, 2.05) is 27.8 Å². The lowest BCUT2D eigenvalue weighted by molar-refractivity contribution is -0.0175. The van der Waals surface area contributed by atoms with E-state index < -0.39 is 5.60 Å². The van der Waals surface area contributed by atoms with Gasteiger partial charge in [0.05, 0.1) is 0 Å². The fourth-order valence-corrected chi connectivity index (χ4v) is 2.04. The average Bonchev–Trinajstić information content (AvgIpc) is 1.99. The summed E-state index contributed by atoms with van der Waals surface area (Å²) in [6.45, 7) is 7.84. The zero-order chi connectivity index (χ0) is 11.7. The van der Waals surface area contributed by atoms with Gasteiger partial charge < -0.3 is 9.64 Å². The molecule has 0 aliphatic heterocycles. The third kappa shape index (κ3) is 2.64. The van der Waals surface area contributed by atoms with E-state index in [9.17, 15) is 4.79 Å². The monoisotopic (exact) mass is 213 g/mol. The van der Waals surface area contributed by atoms with Crippen LogP contribution in [0.25, 0.3) is 0 Å². The van der Waals surface area contributed by atoms with Crippen molar-refractivity contribution in [3.63, 3.8) is 0 Å². The van der Waals surface area contributed by atoms with Crippen molar-refractivity contribution in [2.75, 3.05) is 7.05 Å². The van der Waals surface area contributed by atoms with Crippen LogP contribution in [-0.4, -0.2) is 29.2 Å². The van der Waals surface area contributed by atoms with Crippen LogP contribution in [0.3, 0.4) is 0 Å². The van der Waals surface area contributed by atoms with E-state index >= 15 is 0 Å². The van der Waals surface area contributed by atoms with Gasteiger partial charge in [-0.1, -0.05) is 6.92 Å². The predicted molar refractivity (Wildman–Crippen MR) is 60.9 cm³/mol.